The summed E-state index contributed by atoms with van der Waals surface area (Å²) < 4.78 is 16.7. The van der Waals surface area contributed by atoms with Gasteiger partial charge in [0.05, 0.1) is 0 Å². The van der Waals surface area contributed by atoms with Gasteiger partial charge in [-0.2, -0.15) is 0 Å². The number of hydrogen-bond donors (Lipinski definition) is 0. The molecule has 59 heavy (non-hydrogen) atoms. The molecule has 0 rings (SSSR count). The zero-order chi connectivity index (χ0) is 43.0. The Balaban J connectivity index is 4.12. The Morgan fingerprint density at radius 3 is 1.03 bits per heavy atom. The van der Waals surface area contributed by atoms with Crippen molar-refractivity contribution in [1.82, 2.24) is 0 Å². The van der Waals surface area contributed by atoms with Crippen molar-refractivity contribution in [3.05, 3.63) is 60.8 Å². The maximum atomic E-state index is 12.6. The van der Waals surface area contributed by atoms with E-state index in [1.807, 2.05) is 0 Å². The maximum absolute atomic E-state index is 12.6. The first-order valence-corrected chi connectivity index (χ1v) is 24.8. The lowest BCUT2D eigenvalue weighted by Crippen LogP contribution is -2.30. The quantitative estimate of drug-likeness (QED) is 0.0263. The molecule has 0 aromatic heterocycles. The molecule has 0 fully saturated rings. The maximum Gasteiger partial charge on any atom is 0.306 e. The molecule has 0 aromatic rings. The first-order chi connectivity index (χ1) is 29.0. The van der Waals surface area contributed by atoms with Crippen molar-refractivity contribution in [2.24, 2.45) is 0 Å². The van der Waals surface area contributed by atoms with Gasteiger partial charge in [0.15, 0.2) is 6.10 Å². The van der Waals surface area contributed by atoms with Crippen molar-refractivity contribution in [2.45, 2.75) is 245 Å². The van der Waals surface area contributed by atoms with Crippen LogP contribution in [0.2, 0.25) is 0 Å². The largest absolute Gasteiger partial charge is 0.462 e. The van der Waals surface area contributed by atoms with E-state index in [0.717, 1.165) is 96.3 Å². The van der Waals surface area contributed by atoms with Crippen molar-refractivity contribution in [2.75, 3.05) is 13.2 Å². The summed E-state index contributed by atoms with van der Waals surface area (Å²) in [6, 6.07) is 0. The van der Waals surface area contributed by atoms with Crippen molar-refractivity contribution < 1.29 is 28.6 Å². The minimum atomic E-state index is -0.768. The molecule has 0 aliphatic heterocycles. The first-order valence-electron chi connectivity index (χ1n) is 24.8. The van der Waals surface area contributed by atoms with E-state index < -0.39 is 6.10 Å². The molecule has 1 unspecified atom stereocenters. The van der Waals surface area contributed by atoms with Gasteiger partial charge in [-0.15, -0.1) is 0 Å². The molecule has 0 radical (unpaired) electrons. The lowest BCUT2D eigenvalue weighted by molar-refractivity contribution is -0.167. The highest BCUT2D eigenvalue weighted by Gasteiger charge is 2.19. The van der Waals surface area contributed by atoms with Crippen LogP contribution >= 0.6 is 0 Å². The molecule has 6 heteroatoms. The molecule has 6 nitrogen and oxygen atoms in total. The summed E-state index contributed by atoms with van der Waals surface area (Å²) in [5.41, 5.74) is 0. The van der Waals surface area contributed by atoms with E-state index in [2.05, 4.69) is 81.5 Å². The van der Waals surface area contributed by atoms with Gasteiger partial charge in [-0.1, -0.05) is 216 Å². The van der Waals surface area contributed by atoms with Crippen LogP contribution in [0.1, 0.15) is 239 Å². The van der Waals surface area contributed by atoms with Gasteiger partial charge >= 0.3 is 17.9 Å². The Bertz CT molecular complexity index is 1090. The van der Waals surface area contributed by atoms with Crippen LogP contribution in [0.3, 0.4) is 0 Å². The Labute approximate surface area is 364 Å². The SMILES string of the molecule is CC/C=C\C/C=C\C/C=C\C/C=C\C/C=C\CCCCCCCCCCCC(=O)OCC(COC(=O)CCCCCCCCCC)OC(=O)CCCCCCCCCC. The molecular weight excluding hydrogens is 733 g/mol. The normalized spacial score (nSPS) is 12.5. The number of rotatable bonds is 44. The fourth-order valence-corrected chi connectivity index (χ4v) is 6.82. The predicted octanol–water partition coefficient (Wildman–Crippen LogP) is 16.1. The monoisotopic (exact) mass is 825 g/mol. The lowest BCUT2D eigenvalue weighted by atomic mass is 10.1. The molecule has 0 spiro atoms. The number of ether oxygens (including phenoxy) is 3. The Kier molecular flexibility index (Phi) is 45.4. The van der Waals surface area contributed by atoms with Crippen LogP contribution in [0.5, 0.6) is 0 Å². The zero-order valence-corrected chi connectivity index (χ0v) is 38.8. The number of hydrogen-bond acceptors (Lipinski definition) is 6. The molecule has 0 aliphatic rings. The van der Waals surface area contributed by atoms with Gasteiger partial charge < -0.3 is 14.2 Å². The van der Waals surface area contributed by atoms with Crippen LogP contribution in [0.25, 0.3) is 0 Å². The molecule has 0 aromatic carbocycles. The fraction of sp³-hybridized carbons (Fsp3) is 0.755. The third-order valence-electron chi connectivity index (χ3n) is 10.5. The lowest BCUT2D eigenvalue weighted by Gasteiger charge is -2.18. The smallest absolute Gasteiger partial charge is 0.306 e. The molecule has 0 heterocycles. The highest BCUT2D eigenvalue weighted by Crippen LogP contribution is 2.14. The molecule has 0 aliphatic carbocycles. The van der Waals surface area contributed by atoms with E-state index in [1.54, 1.807) is 0 Å². The van der Waals surface area contributed by atoms with Gasteiger partial charge in [-0.3, -0.25) is 14.4 Å². The van der Waals surface area contributed by atoms with Gasteiger partial charge in [0.2, 0.25) is 0 Å². The van der Waals surface area contributed by atoms with Gasteiger partial charge in [-0.25, -0.2) is 0 Å². The van der Waals surface area contributed by atoms with E-state index in [-0.39, 0.29) is 31.1 Å². The minimum Gasteiger partial charge on any atom is -0.462 e. The van der Waals surface area contributed by atoms with E-state index >= 15 is 0 Å². The third-order valence-corrected chi connectivity index (χ3v) is 10.5. The summed E-state index contributed by atoms with van der Waals surface area (Å²) in [6.45, 7) is 6.46. The summed E-state index contributed by atoms with van der Waals surface area (Å²) in [5.74, 6) is -0.888. The van der Waals surface area contributed by atoms with E-state index in [1.165, 1.54) is 103 Å². The summed E-state index contributed by atoms with van der Waals surface area (Å²) in [6.07, 6.45) is 58.0. The van der Waals surface area contributed by atoms with E-state index in [4.69, 9.17) is 14.2 Å². The molecule has 0 saturated heterocycles. The molecule has 0 saturated carbocycles. The number of carbonyl (C=O) groups is 3. The molecule has 0 N–H and O–H groups in total. The third kappa shape index (κ3) is 46.0. The summed E-state index contributed by atoms with van der Waals surface area (Å²) >= 11 is 0. The average molecular weight is 825 g/mol. The first kappa shape index (κ1) is 56.1. The highest BCUT2D eigenvalue weighted by molar-refractivity contribution is 5.71. The topological polar surface area (TPSA) is 78.9 Å². The molecule has 1 atom stereocenters. The second-order valence-electron chi connectivity index (χ2n) is 16.4. The number of unbranched alkanes of at least 4 members (excludes halogenated alkanes) is 23. The molecule has 0 amide bonds. The number of carbonyl (C=O) groups excluding carboxylic acids is 3. The molecule has 340 valence electrons. The van der Waals surface area contributed by atoms with Gasteiger partial charge in [-0.05, 0) is 64.2 Å². The van der Waals surface area contributed by atoms with Crippen LogP contribution in [0, 0.1) is 0 Å². The second kappa shape index (κ2) is 47.8. The van der Waals surface area contributed by atoms with Crippen LogP contribution in [0.4, 0.5) is 0 Å². The Morgan fingerprint density at radius 2 is 0.661 bits per heavy atom. The van der Waals surface area contributed by atoms with Gasteiger partial charge in [0, 0.05) is 19.3 Å². The molecule has 0 bridgehead atoms. The Hall–Kier alpha value is -2.89. The van der Waals surface area contributed by atoms with Gasteiger partial charge in [0.25, 0.3) is 0 Å². The Morgan fingerprint density at radius 1 is 0.356 bits per heavy atom. The standard InChI is InChI=1S/C53H92O6/c1-4-7-10-13-16-19-20-21-22-23-24-25-26-27-28-29-30-31-32-33-34-35-38-40-43-46-52(55)58-49-50(59-53(56)47-44-41-37-18-15-12-9-6-3)48-57-51(54)45-42-39-36-17-14-11-8-5-2/h7,10,16,19,21-22,24-25,27-28,50H,4-6,8-9,11-15,17-18,20,23,26,29-49H2,1-3H3/b10-7-,19-16-,22-21-,25-24-,28-27-. The average Bonchev–Trinajstić information content (AvgIpc) is 3.23. The molecular formula is C53H92O6. The van der Waals surface area contributed by atoms with Crippen LogP contribution in [0.15, 0.2) is 60.8 Å². The van der Waals surface area contributed by atoms with Crippen molar-refractivity contribution in [1.29, 1.82) is 0 Å². The second-order valence-corrected chi connectivity index (χ2v) is 16.4. The van der Waals surface area contributed by atoms with E-state index in [9.17, 15) is 14.4 Å². The number of esters is 3. The summed E-state index contributed by atoms with van der Waals surface area (Å²) in [4.78, 5) is 37.6. The van der Waals surface area contributed by atoms with Crippen LogP contribution in [-0.2, 0) is 28.6 Å². The van der Waals surface area contributed by atoms with Crippen LogP contribution < -0.4 is 0 Å². The fourth-order valence-electron chi connectivity index (χ4n) is 6.82. The van der Waals surface area contributed by atoms with Crippen molar-refractivity contribution in [3.63, 3.8) is 0 Å². The zero-order valence-electron chi connectivity index (χ0n) is 38.8. The minimum absolute atomic E-state index is 0.0737. The van der Waals surface area contributed by atoms with E-state index in [0.29, 0.717) is 19.3 Å². The summed E-state index contributed by atoms with van der Waals surface area (Å²) in [5, 5.41) is 0. The predicted molar refractivity (Wildman–Crippen MR) is 251 cm³/mol. The number of allylic oxidation sites excluding steroid dienone is 10. The van der Waals surface area contributed by atoms with Crippen molar-refractivity contribution in [3.8, 4) is 0 Å². The highest BCUT2D eigenvalue weighted by atomic mass is 16.6. The van der Waals surface area contributed by atoms with Crippen LogP contribution in [-0.4, -0.2) is 37.2 Å². The summed E-state index contributed by atoms with van der Waals surface area (Å²) in [7, 11) is 0. The van der Waals surface area contributed by atoms with Crippen molar-refractivity contribution >= 4 is 17.9 Å². The van der Waals surface area contributed by atoms with Gasteiger partial charge in [0.1, 0.15) is 13.2 Å².